The van der Waals surface area contributed by atoms with E-state index in [1.165, 1.54) is 17.9 Å². The van der Waals surface area contributed by atoms with Crippen LogP contribution in [0.1, 0.15) is 19.8 Å². The van der Waals surface area contributed by atoms with Crippen molar-refractivity contribution in [1.82, 2.24) is 14.7 Å². The summed E-state index contributed by atoms with van der Waals surface area (Å²) < 4.78 is 11.7. The zero-order valence-electron chi connectivity index (χ0n) is 16.0. The van der Waals surface area contributed by atoms with Gasteiger partial charge in [0.2, 0.25) is 5.91 Å². The number of nitrogens with zero attached hydrogens (tertiary/aromatic N) is 3. The second-order valence-electron chi connectivity index (χ2n) is 6.87. The molecular formula is C20H25N3O4. The topological polar surface area (TPSA) is 73.7 Å². The molecule has 7 heteroatoms. The molecule has 1 fully saturated rings. The first-order valence-electron chi connectivity index (χ1n) is 9.10. The van der Waals surface area contributed by atoms with Gasteiger partial charge >= 0.3 is 0 Å². The molecule has 27 heavy (non-hydrogen) atoms. The maximum absolute atomic E-state index is 12.6. The molecule has 0 spiro atoms. The zero-order chi connectivity index (χ0) is 19.4. The lowest BCUT2D eigenvalue weighted by atomic mass is 10.0. The van der Waals surface area contributed by atoms with E-state index in [0.717, 1.165) is 37.2 Å². The zero-order valence-corrected chi connectivity index (χ0v) is 16.0. The van der Waals surface area contributed by atoms with Crippen molar-refractivity contribution in [2.24, 2.45) is 5.92 Å². The molecule has 1 aliphatic rings. The summed E-state index contributed by atoms with van der Waals surface area (Å²) in [6.45, 7) is 3.53. The van der Waals surface area contributed by atoms with Gasteiger partial charge in [-0.25, -0.2) is 4.68 Å². The van der Waals surface area contributed by atoms with Crippen LogP contribution in [0.5, 0.6) is 11.5 Å². The Balaban J connectivity index is 1.89. The Kier molecular flexibility index (Phi) is 5.78. The molecule has 0 saturated carbocycles. The van der Waals surface area contributed by atoms with E-state index in [4.69, 9.17) is 9.47 Å². The van der Waals surface area contributed by atoms with Gasteiger partial charge < -0.3 is 14.4 Å². The van der Waals surface area contributed by atoms with Crippen molar-refractivity contribution in [3.05, 3.63) is 40.7 Å². The summed E-state index contributed by atoms with van der Waals surface area (Å²) >= 11 is 0. The molecule has 1 atom stereocenters. The first-order chi connectivity index (χ1) is 13.0. The Labute approximate surface area is 158 Å². The minimum absolute atomic E-state index is 0.0707. The van der Waals surface area contributed by atoms with Gasteiger partial charge in [0.15, 0.2) is 5.75 Å². The Hall–Kier alpha value is -2.83. The molecular weight excluding hydrogens is 346 g/mol. The highest BCUT2D eigenvalue weighted by Gasteiger charge is 2.22. The van der Waals surface area contributed by atoms with Gasteiger partial charge in [-0.3, -0.25) is 9.59 Å². The smallest absolute Gasteiger partial charge is 0.270 e. The van der Waals surface area contributed by atoms with Crippen LogP contribution in [-0.4, -0.2) is 47.9 Å². The molecule has 1 amide bonds. The first-order valence-corrected chi connectivity index (χ1v) is 9.10. The summed E-state index contributed by atoms with van der Waals surface area (Å²) in [7, 11) is 3.09. The van der Waals surface area contributed by atoms with E-state index in [1.54, 1.807) is 7.11 Å². The summed E-state index contributed by atoms with van der Waals surface area (Å²) in [6, 6.07) is 8.68. The molecule has 0 radical (unpaired) electrons. The first kappa shape index (κ1) is 18.9. The number of hydrogen-bond donors (Lipinski definition) is 0. The average Bonchev–Trinajstić information content (AvgIpc) is 2.69. The van der Waals surface area contributed by atoms with Crippen LogP contribution < -0.4 is 15.0 Å². The SMILES string of the molecule is COc1ccc(-c2nn(CC(=O)N3CCC[C@H](C)C3)c(=O)cc2OC)cc1. The molecule has 1 aromatic carbocycles. The Morgan fingerprint density at radius 2 is 1.96 bits per heavy atom. The number of benzene rings is 1. The van der Waals surface area contributed by atoms with Crippen molar-refractivity contribution in [2.45, 2.75) is 26.3 Å². The lowest BCUT2D eigenvalue weighted by Gasteiger charge is -2.31. The second kappa shape index (κ2) is 8.24. The minimum Gasteiger partial charge on any atom is -0.497 e. The number of amides is 1. The van der Waals surface area contributed by atoms with Gasteiger partial charge in [0.25, 0.3) is 5.56 Å². The van der Waals surface area contributed by atoms with Crippen LogP contribution in [0.3, 0.4) is 0 Å². The number of methoxy groups -OCH3 is 2. The number of rotatable bonds is 5. The Morgan fingerprint density at radius 1 is 1.22 bits per heavy atom. The molecule has 0 bridgehead atoms. The highest BCUT2D eigenvalue weighted by Crippen LogP contribution is 2.27. The van der Waals surface area contributed by atoms with Gasteiger partial charge in [0.1, 0.15) is 18.0 Å². The number of hydrogen-bond acceptors (Lipinski definition) is 5. The largest absolute Gasteiger partial charge is 0.497 e. The number of aromatic nitrogens is 2. The molecule has 2 heterocycles. The highest BCUT2D eigenvalue weighted by atomic mass is 16.5. The number of carbonyl (C=O) groups excluding carboxylic acids is 1. The predicted molar refractivity (Wildman–Crippen MR) is 102 cm³/mol. The summed E-state index contributed by atoms with van der Waals surface area (Å²) in [5, 5.41) is 4.41. The van der Waals surface area contributed by atoms with Crippen LogP contribution >= 0.6 is 0 Å². The normalized spacial score (nSPS) is 16.9. The van der Waals surface area contributed by atoms with Crippen LogP contribution in [0, 0.1) is 5.92 Å². The Bertz CT molecular complexity index is 861. The van der Waals surface area contributed by atoms with E-state index in [2.05, 4.69) is 12.0 Å². The fourth-order valence-corrected chi connectivity index (χ4v) is 3.34. The fourth-order valence-electron chi connectivity index (χ4n) is 3.34. The van der Waals surface area contributed by atoms with Crippen molar-refractivity contribution >= 4 is 5.91 Å². The van der Waals surface area contributed by atoms with Crippen LogP contribution in [0.15, 0.2) is 35.1 Å². The molecule has 1 aromatic heterocycles. The quantitative estimate of drug-likeness (QED) is 0.805. The van der Waals surface area contributed by atoms with Crippen LogP contribution in [0.2, 0.25) is 0 Å². The van der Waals surface area contributed by atoms with Gasteiger partial charge in [0, 0.05) is 24.7 Å². The Morgan fingerprint density at radius 3 is 2.59 bits per heavy atom. The van der Waals surface area contributed by atoms with Crippen molar-refractivity contribution in [1.29, 1.82) is 0 Å². The van der Waals surface area contributed by atoms with Gasteiger partial charge in [-0.2, -0.15) is 5.10 Å². The fraction of sp³-hybridized carbons (Fsp3) is 0.450. The molecule has 3 rings (SSSR count). The second-order valence-corrected chi connectivity index (χ2v) is 6.87. The molecule has 0 N–H and O–H groups in total. The minimum atomic E-state index is -0.359. The molecule has 7 nitrogen and oxygen atoms in total. The standard InChI is InChI=1S/C20H25N3O4/c1-14-5-4-10-22(12-14)19(25)13-23-18(24)11-17(27-3)20(21-23)15-6-8-16(26-2)9-7-15/h6-9,11,14H,4-5,10,12-13H2,1-3H3/t14-/m0/s1. The lowest BCUT2D eigenvalue weighted by molar-refractivity contribution is -0.133. The molecule has 0 aliphatic carbocycles. The molecule has 0 unspecified atom stereocenters. The highest BCUT2D eigenvalue weighted by molar-refractivity contribution is 5.76. The maximum atomic E-state index is 12.6. The van der Waals surface area contributed by atoms with Gasteiger partial charge in [-0.05, 0) is 43.0 Å². The van der Waals surface area contributed by atoms with E-state index in [1.807, 2.05) is 29.2 Å². The monoisotopic (exact) mass is 371 g/mol. The average molecular weight is 371 g/mol. The summed E-state index contributed by atoms with van der Waals surface area (Å²) in [6.07, 6.45) is 2.13. The third kappa shape index (κ3) is 4.30. The number of likely N-dealkylation sites (tertiary alicyclic amines) is 1. The molecule has 1 saturated heterocycles. The predicted octanol–water partition coefficient (Wildman–Crippen LogP) is 2.19. The molecule has 1 aliphatic heterocycles. The van der Waals surface area contributed by atoms with E-state index in [-0.39, 0.29) is 18.0 Å². The summed E-state index contributed by atoms with van der Waals surface area (Å²) in [5.41, 5.74) is 0.933. The van der Waals surface area contributed by atoms with E-state index >= 15 is 0 Å². The van der Waals surface area contributed by atoms with E-state index in [0.29, 0.717) is 17.4 Å². The number of ether oxygens (including phenoxy) is 2. The lowest BCUT2D eigenvalue weighted by Crippen LogP contribution is -2.42. The maximum Gasteiger partial charge on any atom is 0.270 e. The third-order valence-corrected chi connectivity index (χ3v) is 4.84. The van der Waals surface area contributed by atoms with Crippen molar-refractivity contribution < 1.29 is 14.3 Å². The molecule has 2 aromatic rings. The summed E-state index contributed by atoms with van der Waals surface area (Å²) in [4.78, 5) is 26.8. The van der Waals surface area contributed by atoms with Gasteiger partial charge in [-0.15, -0.1) is 0 Å². The van der Waals surface area contributed by atoms with Crippen molar-refractivity contribution in [3.63, 3.8) is 0 Å². The van der Waals surface area contributed by atoms with Crippen LogP contribution in [0.25, 0.3) is 11.3 Å². The van der Waals surface area contributed by atoms with Crippen LogP contribution in [0.4, 0.5) is 0 Å². The van der Waals surface area contributed by atoms with Crippen molar-refractivity contribution in [3.8, 4) is 22.8 Å². The van der Waals surface area contributed by atoms with Gasteiger partial charge in [-0.1, -0.05) is 6.92 Å². The van der Waals surface area contributed by atoms with E-state index < -0.39 is 0 Å². The van der Waals surface area contributed by atoms with E-state index in [9.17, 15) is 9.59 Å². The van der Waals surface area contributed by atoms with Crippen LogP contribution in [-0.2, 0) is 11.3 Å². The van der Waals surface area contributed by atoms with Crippen molar-refractivity contribution in [2.75, 3.05) is 27.3 Å². The van der Waals surface area contributed by atoms with Gasteiger partial charge in [0.05, 0.1) is 14.2 Å². The number of carbonyl (C=O) groups is 1. The third-order valence-electron chi connectivity index (χ3n) is 4.84. The molecule has 144 valence electrons. The number of piperidine rings is 1. The summed E-state index contributed by atoms with van der Waals surface area (Å²) in [5.74, 6) is 1.50.